The van der Waals surface area contributed by atoms with Gasteiger partial charge in [0.1, 0.15) is 0 Å². The average molecular weight is 344 g/mol. The molecule has 25 heavy (non-hydrogen) atoms. The Kier molecular flexibility index (Phi) is 4.95. The Morgan fingerprint density at radius 2 is 2.00 bits per heavy atom. The van der Waals surface area contributed by atoms with E-state index in [9.17, 15) is 10.4 Å². The summed E-state index contributed by atoms with van der Waals surface area (Å²) >= 11 is 0. The van der Waals surface area contributed by atoms with Gasteiger partial charge >= 0.3 is 0 Å². The molecular formula is C20H28N2O3. The summed E-state index contributed by atoms with van der Waals surface area (Å²) in [5.41, 5.74) is 1.11. The summed E-state index contributed by atoms with van der Waals surface area (Å²) in [6.45, 7) is 6.00. The minimum absolute atomic E-state index is 0.00422. The maximum absolute atomic E-state index is 11.0. The molecule has 2 aliphatic heterocycles. The minimum atomic E-state index is -1.27. The Hall–Kier alpha value is -1.77. The van der Waals surface area contributed by atoms with Gasteiger partial charge in [0.25, 0.3) is 0 Å². The number of rotatable bonds is 4. The van der Waals surface area contributed by atoms with E-state index in [0.29, 0.717) is 18.1 Å². The molecule has 0 aliphatic carbocycles. The summed E-state index contributed by atoms with van der Waals surface area (Å²) in [7, 11) is 3.28. The Morgan fingerprint density at radius 3 is 2.60 bits per heavy atom. The van der Waals surface area contributed by atoms with Gasteiger partial charge in [0.15, 0.2) is 17.1 Å². The lowest BCUT2D eigenvalue weighted by molar-refractivity contribution is -0.0660. The zero-order valence-electron chi connectivity index (χ0n) is 15.6. The quantitative estimate of drug-likeness (QED) is 0.851. The summed E-state index contributed by atoms with van der Waals surface area (Å²) < 4.78 is 10.9. The van der Waals surface area contributed by atoms with Crippen molar-refractivity contribution in [3.8, 4) is 17.6 Å². The third kappa shape index (κ3) is 3.21. The van der Waals surface area contributed by atoms with Crippen molar-refractivity contribution >= 4 is 0 Å². The lowest BCUT2D eigenvalue weighted by Crippen LogP contribution is -2.54. The van der Waals surface area contributed by atoms with Crippen LogP contribution in [-0.4, -0.2) is 42.9 Å². The molecule has 0 spiro atoms. The molecule has 5 heteroatoms. The van der Waals surface area contributed by atoms with Gasteiger partial charge in [-0.1, -0.05) is 13.8 Å². The standard InChI is InChI=1S/C20H28N2O3/c1-13(2)7-15-11-22-6-5-14-8-18(24-3)19(25-4)9-16(14)17(22)10-20(15,23)12-21/h8-9,13,15,17,23H,5-7,10-11H2,1-4H3. The molecule has 3 rings (SSSR count). The Bertz CT molecular complexity index is 682. The first-order chi connectivity index (χ1) is 11.9. The van der Waals surface area contributed by atoms with E-state index < -0.39 is 5.60 Å². The smallest absolute Gasteiger partial charge is 0.161 e. The van der Waals surface area contributed by atoms with E-state index >= 15 is 0 Å². The third-order valence-electron chi connectivity index (χ3n) is 5.70. The van der Waals surface area contributed by atoms with Crippen LogP contribution < -0.4 is 9.47 Å². The number of hydrogen-bond acceptors (Lipinski definition) is 5. The van der Waals surface area contributed by atoms with Gasteiger partial charge in [0.2, 0.25) is 0 Å². The SMILES string of the molecule is COc1cc2c(cc1OC)C1CC(O)(C#N)C(CC(C)C)CN1CC2. The van der Waals surface area contributed by atoms with Crippen LogP contribution in [0.5, 0.6) is 11.5 Å². The van der Waals surface area contributed by atoms with Gasteiger partial charge in [-0.15, -0.1) is 0 Å². The van der Waals surface area contributed by atoms with Gasteiger partial charge in [0, 0.05) is 31.5 Å². The van der Waals surface area contributed by atoms with E-state index in [0.717, 1.165) is 37.2 Å². The minimum Gasteiger partial charge on any atom is -0.493 e. The zero-order chi connectivity index (χ0) is 18.2. The predicted molar refractivity (Wildman–Crippen MR) is 95.7 cm³/mol. The van der Waals surface area contributed by atoms with Gasteiger partial charge in [-0.25, -0.2) is 0 Å². The number of hydrogen-bond donors (Lipinski definition) is 1. The van der Waals surface area contributed by atoms with Crippen LogP contribution in [-0.2, 0) is 6.42 Å². The summed E-state index contributed by atoms with van der Waals surface area (Å²) in [4.78, 5) is 2.42. The van der Waals surface area contributed by atoms with Crippen molar-refractivity contribution in [3.63, 3.8) is 0 Å². The van der Waals surface area contributed by atoms with Crippen molar-refractivity contribution in [1.82, 2.24) is 4.90 Å². The third-order valence-corrected chi connectivity index (χ3v) is 5.70. The van der Waals surface area contributed by atoms with Gasteiger partial charge < -0.3 is 14.6 Å². The van der Waals surface area contributed by atoms with Crippen LogP contribution in [0.4, 0.5) is 0 Å². The van der Waals surface area contributed by atoms with Gasteiger partial charge in [-0.05, 0) is 42.0 Å². The molecule has 5 nitrogen and oxygen atoms in total. The molecule has 2 heterocycles. The van der Waals surface area contributed by atoms with Crippen LogP contribution in [0.2, 0.25) is 0 Å². The molecule has 0 radical (unpaired) electrons. The number of benzene rings is 1. The Labute approximate surface area is 150 Å². The zero-order valence-corrected chi connectivity index (χ0v) is 15.6. The molecule has 1 N–H and O–H groups in total. The van der Waals surface area contributed by atoms with Crippen LogP contribution in [0, 0.1) is 23.2 Å². The lowest BCUT2D eigenvalue weighted by atomic mass is 9.72. The van der Waals surface area contributed by atoms with Crippen molar-refractivity contribution in [2.75, 3.05) is 27.3 Å². The summed E-state index contributed by atoms with van der Waals surface area (Å²) in [6, 6.07) is 6.33. The molecule has 1 saturated heterocycles. The first-order valence-corrected chi connectivity index (χ1v) is 9.04. The fourth-order valence-corrected chi connectivity index (χ4v) is 4.41. The highest BCUT2D eigenvalue weighted by atomic mass is 16.5. The number of piperidine rings is 1. The van der Waals surface area contributed by atoms with Gasteiger partial charge in [0.05, 0.1) is 20.3 Å². The number of nitriles is 1. The second-order valence-corrected chi connectivity index (χ2v) is 7.73. The van der Waals surface area contributed by atoms with Gasteiger partial charge in [-0.3, -0.25) is 4.90 Å². The summed E-state index contributed by atoms with van der Waals surface area (Å²) in [5.74, 6) is 1.89. The highest BCUT2D eigenvalue weighted by Gasteiger charge is 2.48. The van der Waals surface area contributed by atoms with Crippen LogP contribution >= 0.6 is 0 Å². The summed E-state index contributed by atoms with van der Waals surface area (Å²) in [6.07, 6.45) is 2.26. The number of methoxy groups -OCH3 is 2. The van der Waals surface area contributed by atoms with Crippen LogP contribution in [0.3, 0.4) is 0 Å². The van der Waals surface area contributed by atoms with E-state index in [4.69, 9.17) is 9.47 Å². The van der Waals surface area contributed by atoms with Crippen molar-refractivity contribution < 1.29 is 14.6 Å². The molecule has 3 unspecified atom stereocenters. The molecule has 0 amide bonds. The second-order valence-electron chi connectivity index (χ2n) is 7.73. The van der Waals surface area contributed by atoms with E-state index in [1.54, 1.807) is 14.2 Å². The van der Waals surface area contributed by atoms with E-state index in [1.165, 1.54) is 5.56 Å². The first-order valence-electron chi connectivity index (χ1n) is 9.04. The molecule has 136 valence electrons. The van der Waals surface area contributed by atoms with E-state index in [1.807, 2.05) is 12.1 Å². The van der Waals surface area contributed by atoms with Crippen molar-refractivity contribution in [2.45, 2.75) is 44.8 Å². The predicted octanol–water partition coefficient (Wildman–Crippen LogP) is 2.92. The largest absolute Gasteiger partial charge is 0.493 e. The molecule has 0 saturated carbocycles. The van der Waals surface area contributed by atoms with E-state index in [2.05, 4.69) is 24.8 Å². The van der Waals surface area contributed by atoms with Crippen LogP contribution in [0.15, 0.2) is 12.1 Å². The lowest BCUT2D eigenvalue weighted by Gasteiger charge is -2.49. The highest BCUT2D eigenvalue weighted by molar-refractivity contribution is 5.50. The Balaban J connectivity index is 1.96. The van der Waals surface area contributed by atoms with Crippen LogP contribution in [0.25, 0.3) is 0 Å². The summed E-state index contributed by atoms with van der Waals surface area (Å²) in [5, 5.41) is 20.7. The number of aliphatic hydroxyl groups is 1. The Morgan fingerprint density at radius 1 is 1.32 bits per heavy atom. The molecule has 1 aromatic carbocycles. The second kappa shape index (κ2) is 6.86. The topological polar surface area (TPSA) is 65.7 Å². The highest BCUT2D eigenvalue weighted by Crippen LogP contribution is 2.46. The molecule has 1 aromatic rings. The molecular weight excluding hydrogens is 316 g/mol. The molecule has 0 bridgehead atoms. The van der Waals surface area contributed by atoms with Crippen molar-refractivity contribution in [1.29, 1.82) is 5.26 Å². The molecule has 2 aliphatic rings. The average Bonchev–Trinajstić information content (AvgIpc) is 2.60. The molecule has 0 aromatic heterocycles. The fraction of sp³-hybridized carbons (Fsp3) is 0.650. The number of ether oxygens (including phenoxy) is 2. The number of nitrogens with zero attached hydrogens (tertiary/aromatic N) is 2. The molecule has 1 fully saturated rings. The maximum Gasteiger partial charge on any atom is 0.161 e. The monoisotopic (exact) mass is 344 g/mol. The normalized spacial score (nSPS) is 28.8. The van der Waals surface area contributed by atoms with Crippen LogP contribution in [0.1, 0.15) is 43.9 Å². The molecule has 3 atom stereocenters. The number of fused-ring (bicyclic) bond motifs is 3. The first kappa shape index (κ1) is 18.0. The van der Waals surface area contributed by atoms with Crippen molar-refractivity contribution in [3.05, 3.63) is 23.3 Å². The fourth-order valence-electron chi connectivity index (χ4n) is 4.41. The van der Waals surface area contributed by atoms with Crippen molar-refractivity contribution in [2.24, 2.45) is 11.8 Å². The van der Waals surface area contributed by atoms with E-state index in [-0.39, 0.29) is 12.0 Å². The van der Waals surface area contributed by atoms with Gasteiger partial charge in [-0.2, -0.15) is 5.26 Å². The maximum atomic E-state index is 11.0.